The molecule has 0 aliphatic heterocycles. The first-order chi connectivity index (χ1) is 14.2. The standard InChI is InChI=1S/C24H21N3OS/c1-2-21(17-8-4-3-5-9-17)23(28)26-20-12-6-10-18(14-20)22-16-29-24(27-22)19-11-7-13-25-15-19/h3-16,21H,2H2,1H3,(H,26,28). The van der Waals surface area contributed by atoms with Gasteiger partial charge in [-0.2, -0.15) is 0 Å². The van der Waals surface area contributed by atoms with Gasteiger partial charge in [0.25, 0.3) is 0 Å². The summed E-state index contributed by atoms with van der Waals surface area (Å²) in [6.45, 7) is 2.03. The van der Waals surface area contributed by atoms with Crippen LogP contribution in [-0.4, -0.2) is 15.9 Å². The zero-order chi connectivity index (χ0) is 20.1. The van der Waals surface area contributed by atoms with Gasteiger partial charge in [-0.15, -0.1) is 11.3 Å². The maximum atomic E-state index is 12.8. The Labute approximate surface area is 174 Å². The van der Waals surface area contributed by atoms with Gasteiger partial charge in [0.05, 0.1) is 11.6 Å². The maximum Gasteiger partial charge on any atom is 0.231 e. The number of aromatic nitrogens is 2. The van der Waals surface area contributed by atoms with E-state index in [4.69, 9.17) is 4.98 Å². The fourth-order valence-corrected chi connectivity index (χ4v) is 4.09. The third-order valence-corrected chi connectivity index (χ3v) is 5.66. The second kappa shape index (κ2) is 8.80. The minimum atomic E-state index is -0.170. The van der Waals surface area contributed by atoms with E-state index in [1.165, 1.54) is 0 Å². The van der Waals surface area contributed by atoms with Crippen molar-refractivity contribution in [1.29, 1.82) is 0 Å². The zero-order valence-corrected chi connectivity index (χ0v) is 16.9. The number of benzene rings is 2. The van der Waals surface area contributed by atoms with Crippen molar-refractivity contribution in [2.45, 2.75) is 19.3 Å². The molecule has 2 aromatic heterocycles. The van der Waals surface area contributed by atoms with Crippen molar-refractivity contribution in [3.05, 3.63) is 90.1 Å². The molecule has 1 atom stereocenters. The summed E-state index contributed by atoms with van der Waals surface area (Å²) in [5.41, 5.74) is 4.67. The number of carbonyl (C=O) groups is 1. The maximum absolute atomic E-state index is 12.8. The lowest BCUT2D eigenvalue weighted by Gasteiger charge is -2.15. The summed E-state index contributed by atoms with van der Waals surface area (Å²) in [6.07, 6.45) is 4.31. The van der Waals surface area contributed by atoms with Gasteiger partial charge in [-0.25, -0.2) is 4.98 Å². The molecule has 0 saturated heterocycles. The van der Waals surface area contributed by atoms with Gasteiger partial charge in [0.1, 0.15) is 5.01 Å². The first-order valence-electron chi connectivity index (χ1n) is 9.57. The van der Waals surface area contributed by atoms with E-state index in [0.29, 0.717) is 0 Å². The third kappa shape index (κ3) is 4.41. The predicted molar refractivity (Wildman–Crippen MR) is 119 cm³/mol. The number of amides is 1. The third-order valence-electron chi connectivity index (χ3n) is 4.77. The minimum Gasteiger partial charge on any atom is -0.326 e. The van der Waals surface area contributed by atoms with Crippen molar-refractivity contribution in [2.75, 3.05) is 5.32 Å². The quantitative estimate of drug-likeness (QED) is 0.432. The molecule has 0 radical (unpaired) electrons. The molecule has 0 saturated carbocycles. The molecule has 2 aromatic carbocycles. The molecule has 1 amide bonds. The fraction of sp³-hybridized carbons (Fsp3) is 0.125. The van der Waals surface area contributed by atoms with Crippen molar-refractivity contribution in [3.63, 3.8) is 0 Å². The Hall–Kier alpha value is -3.31. The average Bonchev–Trinajstić information content (AvgIpc) is 3.26. The second-order valence-electron chi connectivity index (χ2n) is 6.72. The van der Waals surface area contributed by atoms with Gasteiger partial charge >= 0.3 is 0 Å². The molecule has 0 fully saturated rings. The number of pyridine rings is 1. The topological polar surface area (TPSA) is 54.9 Å². The van der Waals surface area contributed by atoms with Gasteiger partial charge in [0.2, 0.25) is 5.91 Å². The Morgan fingerprint density at radius 1 is 1.03 bits per heavy atom. The van der Waals surface area contributed by atoms with E-state index in [1.807, 2.05) is 85.2 Å². The summed E-state index contributed by atoms with van der Waals surface area (Å²) < 4.78 is 0. The highest BCUT2D eigenvalue weighted by Gasteiger charge is 2.18. The number of hydrogen-bond acceptors (Lipinski definition) is 4. The van der Waals surface area contributed by atoms with E-state index in [2.05, 4.69) is 10.3 Å². The van der Waals surface area contributed by atoms with Crippen LogP contribution in [0, 0.1) is 0 Å². The van der Waals surface area contributed by atoms with E-state index in [-0.39, 0.29) is 11.8 Å². The molecule has 1 unspecified atom stereocenters. The van der Waals surface area contributed by atoms with Gasteiger partial charge in [0, 0.05) is 34.6 Å². The van der Waals surface area contributed by atoms with Crippen LogP contribution in [0.25, 0.3) is 21.8 Å². The smallest absolute Gasteiger partial charge is 0.231 e. The molecule has 2 heterocycles. The highest BCUT2D eigenvalue weighted by atomic mass is 32.1. The van der Waals surface area contributed by atoms with Gasteiger partial charge in [-0.1, -0.05) is 49.4 Å². The van der Waals surface area contributed by atoms with Crippen LogP contribution in [0.2, 0.25) is 0 Å². The van der Waals surface area contributed by atoms with Crippen LogP contribution in [-0.2, 0) is 4.79 Å². The molecule has 4 aromatic rings. The van der Waals surface area contributed by atoms with Crippen LogP contribution in [0.5, 0.6) is 0 Å². The lowest BCUT2D eigenvalue weighted by atomic mass is 9.95. The normalized spacial score (nSPS) is 11.8. The molecule has 0 aliphatic rings. The molecule has 1 N–H and O–H groups in total. The van der Waals surface area contributed by atoms with Crippen molar-refractivity contribution < 1.29 is 4.79 Å². The lowest BCUT2D eigenvalue weighted by Crippen LogP contribution is -2.20. The van der Waals surface area contributed by atoms with Gasteiger partial charge < -0.3 is 5.32 Å². The van der Waals surface area contributed by atoms with Crippen LogP contribution in [0.4, 0.5) is 5.69 Å². The highest BCUT2D eigenvalue weighted by molar-refractivity contribution is 7.13. The molecule has 29 heavy (non-hydrogen) atoms. The molecular weight excluding hydrogens is 378 g/mol. The van der Waals surface area contributed by atoms with E-state index in [1.54, 1.807) is 17.5 Å². The highest BCUT2D eigenvalue weighted by Crippen LogP contribution is 2.30. The molecule has 0 aliphatic carbocycles. The van der Waals surface area contributed by atoms with Crippen LogP contribution >= 0.6 is 11.3 Å². The number of anilines is 1. The summed E-state index contributed by atoms with van der Waals surface area (Å²) >= 11 is 1.58. The number of carbonyl (C=O) groups excluding carboxylic acids is 1. The molecule has 5 heteroatoms. The van der Waals surface area contributed by atoms with E-state index in [9.17, 15) is 4.79 Å². The molecular formula is C24H21N3OS. The monoisotopic (exact) mass is 399 g/mol. The van der Waals surface area contributed by atoms with Crippen molar-refractivity contribution in [1.82, 2.24) is 9.97 Å². The second-order valence-corrected chi connectivity index (χ2v) is 7.58. The molecule has 4 rings (SSSR count). The van der Waals surface area contributed by atoms with Crippen LogP contribution in [0.1, 0.15) is 24.8 Å². The van der Waals surface area contributed by atoms with Gasteiger partial charge in [-0.3, -0.25) is 9.78 Å². The number of nitrogens with zero attached hydrogens (tertiary/aromatic N) is 2. The first-order valence-corrected chi connectivity index (χ1v) is 10.4. The van der Waals surface area contributed by atoms with Crippen molar-refractivity contribution >= 4 is 22.9 Å². The van der Waals surface area contributed by atoms with Gasteiger partial charge in [-0.05, 0) is 36.2 Å². The summed E-state index contributed by atoms with van der Waals surface area (Å²) in [5, 5.41) is 6.02. The number of rotatable bonds is 6. The molecule has 0 bridgehead atoms. The summed E-state index contributed by atoms with van der Waals surface area (Å²) in [5.74, 6) is -0.165. The number of hydrogen-bond donors (Lipinski definition) is 1. The van der Waals surface area contributed by atoms with Crippen LogP contribution in [0.3, 0.4) is 0 Å². The Bertz CT molecular complexity index is 1090. The summed E-state index contributed by atoms with van der Waals surface area (Å²) in [4.78, 5) is 21.7. The van der Waals surface area contributed by atoms with Crippen LogP contribution < -0.4 is 5.32 Å². The van der Waals surface area contributed by atoms with E-state index < -0.39 is 0 Å². The van der Waals surface area contributed by atoms with E-state index in [0.717, 1.165) is 39.5 Å². The number of nitrogens with one attached hydrogen (secondary N) is 1. The molecule has 4 nitrogen and oxygen atoms in total. The molecule has 0 spiro atoms. The minimum absolute atomic E-state index is 0.00479. The average molecular weight is 400 g/mol. The Balaban J connectivity index is 1.53. The largest absolute Gasteiger partial charge is 0.326 e. The molecule has 144 valence electrons. The fourth-order valence-electron chi connectivity index (χ4n) is 3.27. The predicted octanol–water partition coefficient (Wildman–Crippen LogP) is 6.00. The van der Waals surface area contributed by atoms with Crippen molar-refractivity contribution in [3.8, 4) is 21.8 Å². The first kappa shape index (κ1) is 19.0. The van der Waals surface area contributed by atoms with Gasteiger partial charge in [0.15, 0.2) is 0 Å². The summed E-state index contributed by atoms with van der Waals surface area (Å²) in [6, 6.07) is 21.6. The van der Waals surface area contributed by atoms with Crippen molar-refractivity contribution in [2.24, 2.45) is 0 Å². The van der Waals surface area contributed by atoms with Crippen LogP contribution in [0.15, 0.2) is 84.5 Å². The Morgan fingerprint density at radius 3 is 2.62 bits per heavy atom. The Kier molecular flexibility index (Phi) is 5.77. The van der Waals surface area contributed by atoms with E-state index >= 15 is 0 Å². The zero-order valence-electron chi connectivity index (χ0n) is 16.1. The lowest BCUT2D eigenvalue weighted by molar-refractivity contribution is -0.117. The SMILES string of the molecule is CCC(C(=O)Nc1cccc(-c2csc(-c3cccnc3)n2)c1)c1ccccc1. The number of thiazole rings is 1. The summed E-state index contributed by atoms with van der Waals surface area (Å²) in [7, 11) is 0. The Morgan fingerprint density at radius 2 is 1.86 bits per heavy atom.